The zero-order valence-electron chi connectivity index (χ0n) is 14.8. The Hall–Kier alpha value is -3.60. The highest BCUT2D eigenvalue weighted by molar-refractivity contribution is 5.88. The van der Waals surface area contributed by atoms with E-state index in [1.54, 1.807) is 24.3 Å². The zero-order chi connectivity index (χ0) is 18.8. The second kappa shape index (κ2) is 6.96. The van der Waals surface area contributed by atoms with Crippen molar-refractivity contribution in [3.63, 3.8) is 0 Å². The van der Waals surface area contributed by atoms with E-state index in [9.17, 15) is 9.90 Å². The van der Waals surface area contributed by atoms with Crippen LogP contribution < -0.4 is 0 Å². The predicted octanol–water partition coefficient (Wildman–Crippen LogP) is 4.24. The van der Waals surface area contributed by atoms with Crippen LogP contribution in [0.3, 0.4) is 0 Å². The first-order chi connectivity index (χ1) is 13.2. The molecule has 0 fully saturated rings. The van der Waals surface area contributed by atoms with Gasteiger partial charge in [-0.25, -0.2) is 9.78 Å². The molecule has 0 atom stereocenters. The van der Waals surface area contributed by atoms with Crippen LogP contribution in [0.1, 0.15) is 16.2 Å². The number of fused-ring (bicyclic) bond motifs is 1. The molecule has 0 unspecified atom stereocenters. The van der Waals surface area contributed by atoms with Gasteiger partial charge in [-0.15, -0.1) is 0 Å². The van der Waals surface area contributed by atoms with E-state index < -0.39 is 5.97 Å². The number of methoxy groups -OCH3 is 1. The van der Waals surface area contributed by atoms with Gasteiger partial charge in [-0.1, -0.05) is 36.4 Å². The SMILES string of the molecule is COC(=O)c1cccc(Cn2c(-c3ccccc3)cc3cc(O)ccc32)n1. The van der Waals surface area contributed by atoms with Gasteiger partial charge in [0, 0.05) is 16.6 Å². The summed E-state index contributed by atoms with van der Waals surface area (Å²) in [7, 11) is 1.34. The molecule has 4 aromatic rings. The van der Waals surface area contributed by atoms with E-state index in [4.69, 9.17) is 4.74 Å². The molecule has 1 N–H and O–H groups in total. The van der Waals surface area contributed by atoms with Gasteiger partial charge in [0.2, 0.25) is 0 Å². The number of carbonyl (C=O) groups is 1. The van der Waals surface area contributed by atoms with Crippen molar-refractivity contribution in [3.8, 4) is 17.0 Å². The van der Waals surface area contributed by atoms with Crippen LogP contribution in [-0.4, -0.2) is 27.7 Å². The number of hydrogen-bond donors (Lipinski definition) is 1. The van der Waals surface area contributed by atoms with Crippen LogP contribution in [0.15, 0.2) is 72.8 Å². The summed E-state index contributed by atoms with van der Waals surface area (Å²) in [6.07, 6.45) is 0. The first-order valence-electron chi connectivity index (χ1n) is 8.57. The molecule has 0 aliphatic rings. The number of pyridine rings is 1. The lowest BCUT2D eigenvalue weighted by atomic mass is 10.1. The van der Waals surface area contributed by atoms with E-state index in [1.165, 1.54) is 7.11 Å². The van der Waals surface area contributed by atoms with Gasteiger partial charge in [-0.05, 0) is 42.0 Å². The third-order valence-electron chi connectivity index (χ3n) is 4.48. The lowest BCUT2D eigenvalue weighted by Crippen LogP contribution is -2.08. The van der Waals surface area contributed by atoms with Crippen molar-refractivity contribution in [1.29, 1.82) is 0 Å². The van der Waals surface area contributed by atoms with Crippen LogP contribution >= 0.6 is 0 Å². The van der Waals surface area contributed by atoms with Crippen molar-refractivity contribution in [2.75, 3.05) is 7.11 Å². The van der Waals surface area contributed by atoms with Crippen LogP contribution in [0.5, 0.6) is 5.75 Å². The number of phenols is 1. The van der Waals surface area contributed by atoms with Gasteiger partial charge in [-0.3, -0.25) is 0 Å². The number of aromatic nitrogens is 2. The third-order valence-corrected chi connectivity index (χ3v) is 4.48. The summed E-state index contributed by atoms with van der Waals surface area (Å²) in [5.74, 6) is -0.229. The van der Waals surface area contributed by atoms with E-state index >= 15 is 0 Å². The van der Waals surface area contributed by atoms with Crippen molar-refractivity contribution >= 4 is 16.9 Å². The minimum atomic E-state index is -0.456. The summed E-state index contributed by atoms with van der Waals surface area (Å²) in [6.45, 7) is 0.489. The van der Waals surface area contributed by atoms with E-state index in [1.807, 2.05) is 42.5 Å². The maximum Gasteiger partial charge on any atom is 0.356 e. The molecule has 0 spiro atoms. The molecule has 0 aliphatic heterocycles. The smallest absolute Gasteiger partial charge is 0.356 e. The van der Waals surface area contributed by atoms with Crippen molar-refractivity contribution in [1.82, 2.24) is 9.55 Å². The molecule has 0 bridgehead atoms. The van der Waals surface area contributed by atoms with Crippen LogP contribution in [-0.2, 0) is 11.3 Å². The number of benzene rings is 2. The van der Waals surface area contributed by atoms with Gasteiger partial charge in [0.25, 0.3) is 0 Å². The molecule has 0 radical (unpaired) electrons. The average Bonchev–Trinajstić information content (AvgIpc) is 3.05. The first-order valence-corrected chi connectivity index (χ1v) is 8.57. The summed E-state index contributed by atoms with van der Waals surface area (Å²) in [4.78, 5) is 16.2. The molecular formula is C22H18N2O3. The van der Waals surface area contributed by atoms with Crippen molar-refractivity contribution in [2.45, 2.75) is 6.54 Å². The van der Waals surface area contributed by atoms with Crippen molar-refractivity contribution in [3.05, 3.63) is 84.2 Å². The summed E-state index contributed by atoms with van der Waals surface area (Å²) in [5.41, 5.74) is 4.10. The van der Waals surface area contributed by atoms with Crippen LogP contribution in [0.2, 0.25) is 0 Å². The van der Waals surface area contributed by atoms with E-state index in [0.717, 1.165) is 27.9 Å². The zero-order valence-corrected chi connectivity index (χ0v) is 14.8. The predicted molar refractivity (Wildman–Crippen MR) is 104 cm³/mol. The Labute approximate surface area is 156 Å². The molecule has 0 saturated carbocycles. The largest absolute Gasteiger partial charge is 0.508 e. The summed E-state index contributed by atoms with van der Waals surface area (Å²) in [5, 5.41) is 10.8. The maximum absolute atomic E-state index is 11.8. The van der Waals surface area contributed by atoms with Crippen molar-refractivity contribution in [2.24, 2.45) is 0 Å². The standard InChI is InChI=1S/C22H18N2O3/c1-27-22(26)19-9-5-8-17(23-19)14-24-20-11-10-18(25)12-16(20)13-21(24)15-6-3-2-4-7-15/h2-13,25H,14H2,1H3. The molecule has 0 aliphatic carbocycles. The molecule has 2 aromatic heterocycles. The summed E-state index contributed by atoms with van der Waals surface area (Å²) in [6, 6.07) is 22.7. The molecule has 4 rings (SSSR count). The van der Waals surface area contributed by atoms with Gasteiger partial charge < -0.3 is 14.4 Å². The Kier molecular flexibility index (Phi) is 4.34. The Balaban J connectivity index is 1.84. The number of rotatable bonds is 4. The number of nitrogens with zero attached hydrogens (tertiary/aromatic N) is 2. The van der Waals surface area contributed by atoms with E-state index in [0.29, 0.717) is 6.54 Å². The highest BCUT2D eigenvalue weighted by Crippen LogP contribution is 2.31. The monoisotopic (exact) mass is 358 g/mol. The minimum Gasteiger partial charge on any atom is -0.508 e. The fourth-order valence-electron chi connectivity index (χ4n) is 3.22. The maximum atomic E-state index is 11.8. The Morgan fingerprint density at radius 1 is 1.04 bits per heavy atom. The molecule has 2 aromatic carbocycles. The summed E-state index contributed by atoms with van der Waals surface area (Å²) < 4.78 is 6.90. The molecule has 5 nitrogen and oxygen atoms in total. The quantitative estimate of drug-likeness (QED) is 0.554. The van der Waals surface area contributed by atoms with Crippen LogP contribution in [0.25, 0.3) is 22.2 Å². The number of esters is 1. The highest BCUT2D eigenvalue weighted by atomic mass is 16.5. The van der Waals surface area contributed by atoms with Gasteiger partial charge in [0.15, 0.2) is 0 Å². The van der Waals surface area contributed by atoms with Gasteiger partial charge in [0.05, 0.1) is 19.3 Å². The fraction of sp³-hybridized carbons (Fsp3) is 0.0909. The summed E-state index contributed by atoms with van der Waals surface area (Å²) >= 11 is 0. The molecule has 2 heterocycles. The average molecular weight is 358 g/mol. The normalized spacial score (nSPS) is 10.9. The fourth-order valence-corrected chi connectivity index (χ4v) is 3.22. The molecule has 134 valence electrons. The number of ether oxygens (including phenoxy) is 1. The van der Waals surface area contributed by atoms with Gasteiger partial charge in [0.1, 0.15) is 11.4 Å². The Morgan fingerprint density at radius 3 is 2.63 bits per heavy atom. The second-order valence-electron chi connectivity index (χ2n) is 6.23. The van der Waals surface area contributed by atoms with Crippen LogP contribution in [0, 0.1) is 0 Å². The molecule has 0 saturated heterocycles. The molecule has 5 heteroatoms. The molecular weight excluding hydrogens is 340 g/mol. The lowest BCUT2D eigenvalue weighted by molar-refractivity contribution is 0.0593. The van der Waals surface area contributed by atoms with Gasteiger partial charge in [-0.2, -0.15) is 0 Å². The lowest BCUT2D eigenvalue weighted by Gasteiger charge is -2.11. The number of hydrogen-bond acceptors (Lipinski definition) is 4. The number of aromatic hydroxyl groups is 1. The molecule has 0 amide bonds. The van der Waals surface area contributed by atoms with Gasteiger partial charge >= 0.3 is 5.97 Å². The van der Waals surface area contributed by atoms with E-state index in [-0.39, 0.29) is 11.4 Å². The van der Waals surface area contributed by atoms with Crippen molar-refractivity contribution < 1.29 is 14.6 Å². The first kappa shape index (κ1) is 16.8. The van der Waals surface area contributed by atoms with E-state index in [2.05, 4.69) is 15.6 Å². The number of carbonyl (C=O) groups excluding carboxylic acids is 1. The molecule has 27 heavy (non-hydrogen) atoms. The highest BCUT2D eigenvalue weighted by Gasteiger charge is 2.14. The van der Waals surface area contributed by atoms with Crippen LogP contribution in [0.4, 0.5) is 0 Å². The Bertz CT molecular complexity index is 1120. The minimum absolute atomic E-state index is 0.227. The Morgan fingerprint density at radius 2 is 1.85 bits per heavy atom. The number of phenolic OH excluding ortho intramolecular Hbond substituents is 1. The topological polar surface area (TPSA) is 64.3 Å². The third kappa shape index (κ3) is 3.27. The second-order valence-corrected chi connectivity index (χ2v) is 6.23.